The van der Waals surface area contributed by atoms with Gasteiger partial charge in [0.15, 0.2) is 0 Å². The van der Waals surface area contributed by atoms with E-state index in [1.807, 2.05) is 4.90 Å². The zero-order valence-corrected chi connectivity index (χ0v) is 14.1. The highest BCUT2D eigenvalue weighted by atomic mass is 35.5. The maximum atomic E-state index is 12.4. The highest BCUT2D eigenvalue weighted by Crippen LogP contribution is 2.27. The van der Waals surface area contributed by atoms with Gasteiger partial charge in [0.25, 0.3) is 5.91 Å². The predicted molar refractivity (Wildman–Crippen MR) is 88.4 cm³/mol. The third-order valence-corrected chi connectivity index (χ3v) is 5.53. The number of hydrogen-bond donors (Lipinski definition) is 1. The lowest BCUT2D eigenvalue weighted by Crippen LogP contribution is -2.40. The van der Waals surface area contributed by atoms with Crippen molar-refractivity contribution >= 4 is 34.8 Å². The summed E-state index contributed by atoms with van der Waals surface area (Å²) in [5.41, 5.74) is 0. The summed E-state index contributed by atoms with van der Waals surface area (Å²) in [7, 11) is 0. The summed E-state index contributed by atoms with van der Waals surface area (Å²) < 4.78 is 0.647. The van der Waals surface area contributed by atoms with E-state index in [0.29, 0.717) is 27.6 Å². The monoisotopic (exact) mass is 340 g/mol. The van der Waals surface area contributed by atoms with Crippen molar-refractivity contribution in [2.45, 2.75) is 44.6 Å². The molecule has 1 N–H and O–H groups in total. The van der Waals surface area contributed by atoms with E-state index in [1.54, 1.807) is 12.1 Å². The molecule has 22 heavy (non-hydrogen) atoms. The maximum Gasteiger partial charge on any atom is 0.263 e. The molecule has 120 valence electrons. The Kier molecular flexibility index (Phi) is 5.03. The fraction of sp³-hybridized carbons (Fsp3) is 0.625. The van der Waals surface area contributed by atoms with Crippen LogP contribution in [0.5, 0.6) is 0 Å². The van der Waals surface area contributed by atoms with Gasteiger partial charge in [0, 0.05) is 25.6 Å². The normalized spacial score (nSPS) is 21.7. The van der Waals surface area contributed by atoms with Gasteiger partial charge in [0.05, 0.1) is 9.21 Å². The van der Waals surface area contributed by atoms with Gasteiger partial charge >= 0.3 is 0 Å². The lowest BCUT2D eigenvalue weighted by atomic mass is 9.93. The minimum atomic E-state index is 0.0732. The third kappa shape index (κ3) is 4.23. The topological polar surface area (TPSA) is 49.4 Å². The van der Waals surface area contributed by atoms with Crippen molar-refractivity contribution in [3.8, 4) is 0 Å². The average Bonchev–Trinajstić information content (AvgIpc) is 3.23. The Morgan fingerprint density at radius 3 is 2.82 bits per heavy atom. The predicted octanol–water partition coefficient (Wildman–Crippen LogP) is 3.31. The summed E-state index contributed by atoms with van der Waals surface area (Å²) in [5, 5.41) is 3.02. The van der Waals surface area contributed by atoms with Crippen LogP contribution in [-0.2, 0) is 4.79 Å². The minimum Gasteiger partial charge on any atom is -0.353 e. The molecule has 1 atom stereocenters. The number of piperidine rings is 1. The minimum absolute atomic E-state index is 0.0732. The van der Waals surface area contributed by atoms with Crippen molar-refractivity contribution < 1.29 is 9.59 Å². The molecule has 1 aromatic heterocycles. The molecule has 0 aromatic carbocycles. The third-order valence-electron chi connectivity index (χ3n) is 4.31. The molecule has 1 aliphatic carbocycles. The molecule has 3 rings (SSSR count). The standard InChI is InChI=1S/C16H21ClN2O2S/c17-14-7-6-13(22-14)16(21)19-9-1-2-11(10-19)3-8-15(20)18-12-4-5-12/h6-7,11-12H,1-5,8-10H2,(H,18,20). The van der Waals surface area contributed by atoms with E-state index in [-0.39, 0.29) is 11.8 Å². The number of thiophene rings is 1. The van der Waals surface area contributed by atoms with Gasteiger partial charge in [0.2, 0.25) is 5.91 Å². The number of nitrogens with one attached hydrogen (secondary N) is 1. The van der Waals surface area contributed by atoms with E-state index >= 15 is 0 Å². The second-order valence-corrected chi connectivity index (χ2v) is 7.96. The molecule has 2 aliphatic rings. The second-order valence-electron chi connectivity index (χ2n) is 6.24. The van der Waals surface area contributed by atoms with Gasteiger partial charge in [0.1, 0.15) is 0 Å². The number of hydrogen-bond acceptors (Lipinski definition) is 3. The fourth-order valence-corrected chi connectivity index (χ4v) is 3.94. The van der Waals surface area contributed by atoms with E-state index in [4.69, 9.17) is 11.6 Å². The number of halogens is 1. The summed E-state index contributed by atoms with van der Waals surface area (Å²) in [6, 6.07) is 3.99. The lowest BCUT2D eigenvalue weighted by molar-refractivity contribution is -0.121. The molecule has 1 aliphatic heterocycles. The Morgan fingerprint density at radius 1 is 1.32 bits per heavy atom. The first-order chi connectivity index (χ1) is 10.6. The summed E-state index contributed by atoms with van der Waals surface area (Å²) in [6.07, 6.45) is 5.81. The molecule has 4 nitrogen and oxygen atoms in total. The molecule has 1 saturated carbocycles. The number of nitrogens with zero attached hydrogens (tertiary/aromatic N) is 1. The molecule has 1 saturated heterocycles. The fourth-order valence-electron chi connectivity index (χ4n) is 2.93. The molecular weight excluding hydrogens is 320 g/mol. The molecule has 1 aromatic rings. The number of amides is 2. The van der Waals surface area contributed by atoms with Crippen LogP contribution in [0.1, 0.15) is 48.2 Å². The van der Waals surface area contributed by atoms with Crippen LogP contribution in [0, 0.1) is 5.92 Å². The summed E-state index contributed by atoms with van der Waals surface area (Å²) in [4.78, 5) is 26.8. The summed E-state index contributed by atoms with van der Waals surface area (Å²) in [5.74, 6) is 0.665. The zero-order chi connectivity index (χ0) is 15.5. The van der Waals surface area contributed by atoms with Crippen molar-refractivity contribution in [2.75, 3.05) is 13.1 Å². The van der Waals surface area contributed by atoms with Gasteiger partial charge in [-0.15, -0.1) is 11.3 Å². The van der Waals surface area contributed by atoms with Gasteiger partial charge in [-0.1, -0.05) is 11.6 Å². The molecule has 6 heteroatoms. The van der Waals surface area contributed by atoms with Crippen LogP contribution in [-0.4, -0.2) is 35.8 Å². The van der Waals surface area contributed by atoms with Gasteiger partial charge in [-0.3, -0.25) is 9.59 Å². The summed E-state index contributed by atoms with van der Waals surface area (Å²) >= 11 is 7.24. The van der Waals surface area contributed by atoms with Crippen molar-refractivity contribution in [2.24, 2.45) is 5.92 Å². The summed E-state index contributed by atoms with van der Waals surface area (Å²) in [6.45, 7) is 1.56. The van der Waals surface area contributed by atoms with Crippen molar-refractivity contribution in [3.05, 3.63) is 21.3 Å². The molecule has 0 spiro atoms. The molecule has 2 amide bonds. The van der Waals surface area contributed by atoms with Crippen molar-refractivity contribution in [3.63, 3.8) is 0 Å². The van der Waals surface area contributed by atoms with E-state index in [1.165, 1.54) is 11.3 Å². The Morgan fingerprint density at radius 2 is 2.14 bits per heavy atom. The first-order valence-corrected chi connectivity index (χ1v) is 9.15. The maximum absolute atomic E-state index is 12.4. The molecular formula is C16H21ClN2O2S. The van der Waals surface area contributed by atoms with Gasteiger partial charge in [-0.25, -0.2) is 0 Å². The first-order valence-electron chi connectivity index (χ1n) is 7.96. The van der Waals surface area contributed by atoms with Crippen LogP contribution in [0.2, 0.25) is 4.34 Å². The second kappa shape index (κ2) is 7.01. The lowest BCUT2D eigenvalue weighted by Gasteiger charge is -2.32. The molecule has 1 unspecified atom stereocenters. The first kappa shape index (κ1) is 15.8. The Hall–Kier alpha value is -1.07. The number of carbonyl (C=O) groups is 2. The van der Waals surface area contributed by atoms with E-state index in [0.717, 1.165) is 45.2 Å². The number of carbonyl (C=O) groups excluding carboxylic acids is 2. The van der Waals surface area contributed by atoms with Crippen LogP contribution >= 0.6 is 22.9 Å². The van der Waals surface area contributed by atoms with Gasteiger partial charge < -0.3 is 10.2 Å². The van der Waals surface area contributed by atoms with Crippen LogP contribution in [0.3, 0.4) is 0 Å². The smallest absolute Gasteiger partial charge is 0.263 e. The number of rotatable bonds is 5. The van der Waals surface area contributed by atoms with Crippen LogP contribution in [0.4, 0.5) is 0 Å². The van der Waals surface area contributed by atoms with Crippen LogP contribution in [0.25, 0.3) is 0 Å². The van der Waals surface area contributed by atoms with Crippen molar-refractivity contribution in [1.29, 1.82) is 0 Å². The van der Waals surface area contributed by atoms with Gasteiger partial charge in [-0.2, -0.15) is 0 Å². The molecule has 0 radical (unpaired) electrons. The van der Waals surface area contributed by atoms with Crippen LogP contribution in [0.15, 0.2) is 12.1 Å². The van der Waals surface area contributed by atoms with Gasteiger partial charge in [-0.05, 0) is 50.2 Å². The number of likely N-dealkylation sites (tertiary alicyclic amines) is 1. The van der Waals surface area contributed by atoms with E-state index in [2.05, 4.69) is 5.32 Å². The molecule has 2 heterocycles. The highest BCUT2D eigenvalue weighted by Gasteiger charge is 2.27. The molecule has 0 bridgehead atoms. The average molecular weight is 341 g/mol. The van der Waals surface area contributed by atoms with Crippen molar-refractivity contribution in [1.82, 2.24) is 10.2 Å². The Balaban J connectivity index is 1.48. The molecule has 2 fully saturated rings. The highest BCUT2D eigenvalue weighted by molar-refractivity contribution is 7.17. The Bertz CT molecular complexity index is 556. The quantitative estimate of drug-likeness (QED) is 0.894. The Labute approximate surface area is 139 Å². The van der Waals surface area contributed by atoms with Crippen LogP contribution < -0.4 is 5.32 Å². The SMILES string of the molecule is O=C(CCC1CCCN(C(=O)c2ccc(Cl)s2)C1)NC1CC1. The largest absolute Gasteiger partial charge is 0.353 e. The zero-order valence-electron chi connectivity index (χ0n) is 12.5. The van der Waals surface area contributed by atoms with E-state index in [9.17, 15) is 9.59 Å². The van der Waals surface area contributed by atoms with E-state index < -0.39 is 0 Å².